The van der Waals surface area contributed by atoms with Gasteiger partial charge in [-0.3, -0.25) is 4.79 Å². The summed E-state index contributed by atoms with van der Waals surface area (Å²) in [4.78, 5) is 24.4. The number of hydrogen-bond donors (Lipinski definition) is 1. The average molecular weight is 450 g/mol. The number of carbonyl (C=O) groups is 1. The second-order valence-electron chi connectivity index (χ2n) is 9.57. The van der Waals surface area contributed by atoms with Crippen LogP contribution in [0.4, 0.5) is 0 Å². The van der Waals surface area contributed by atoms with E-state index in [1.165, 1.54) is 17.8 Å². The number of benzene rings is 2. The van der Waals surface area contributed by atoms with E-state index >= 15 is 0 Å². The van der Waals surface area contributed by atoms with Crippen molar-refractivity contribution in [3.05, 3.63) is 74.5 Å². The van der Waals surface area contributed by atoms with Crippen molar-refractivity contribution >= 4 is 17.6 Å². The molecule has 5 nitrogen and oxygen atoms in total. The molecule has 1 atom stereocenters. The molecular formula is C26H24ClNO4. The summed E-state index contributed by atoms with van der Waals surface area (Å²) in [7, 11) is 0. The SMILES string of the molecule is CC(C)(C)[C@@H]1Cc2c(cc(-c3ccccc3Cl)c3c2CCO3)-c2cc(=O)c(C(=O)O)cn21. The number of aromatic carboxylic acids is 1. The van der Waals surface area contributed by atoms with E-state index in [1.54, 1.807) is 0 Å². The Morgan fingerprint density at radius 2 is 1.88 bits per heavy atom. The molecule has 0 unspecified atom stereocenters. The van der Waals surface area contributed by atoms with Crippen LogP contribution < -0.4 is 10.2 Å². The normalized spacial score (nSPS) is 16.7. The molecule has 0 spiro atoms. The van der Waals surface area contributed by atoms with Crippen LogP contribution in [0.25, 0.3) is 22.4 Å². The van der Waals surface area contributed by atoms with E-state index in [0.717, 1.165) is 46.5 Å². The van der Waals surface area contributed by atoms with Crippen molar-refractivity contribution in [2.75, 3.05) is 6.61 Å². The highest BCUT2D eigenvalue weighted by molar-refractivity contribution is 6.33. The highest BCUT2D eigenvalue weighted by Crippen LogP contribution is 2.50. The fourth-order valence-corrected chi connectivity index (χ4v) is 5.22. The average Bonchev–Trinajstić information content (AvgIpc) is 3.22. The third-order valence-corrected chi connectivity index (χ3v) is 6.91. The summed E-state index contributed by atoms with van der Waals surface area (Å²) >= 11 is 6.53. The van der Waals surface area contributed by atoms with Gasteiger partial charge in [0.2, 0.25) is 0 Å². The summed E-state index contributed by atoms with van der Waals surface area (Å²) < 4.78 is 8.06. The van der Waals surface area contributed by atoms with E-state index in [0.29, 0.717) is 11.6 Å². The number of carboxylic acid groups (broad SMARTS) is 1. The monoisotopic (exact) mass is 449 g/mol. The van der Waals surface area contributed by atoms with Gasteiger partial charge in [0.25, 0.3) is 0 Å². The molecular weight excluding hydrogens is 426 g/mol. The first-order chi connectivity index (χ1) is 15.2. The summed E-state index contributed by atoms with van der Waals surface area (Å²) in [5.41, 5.74) is 4.96. The largest absolute Gasteiger partial charge is 0.492 e. The van der Waals surface area contributed by atoms with Crippen LogP contribution in [-0.4, -0.2) is 22.2 Å². The lowest BCUT2D eigenvalue weighted by atomic mass is 9.76. The maximum atomic E-state index is 12.7. The number of rotatable bonds is 2. The van der Waals surface area contributed by atoms with Gasteiger partial charge in [0, 0.05) is 52.0 Å². The van der Waals surface area contributed by atoms with Crippen LogP contribution in [0.15, 0.2) is 47.4 Å². The van der Waals surface area contributed by atoms with E-state index in [2.05, 4.69) is 20.8 Å². The van der Waals surface area contributed by atoms with Gasteiger partial charge >= 0.3 is 5.97 Å². The fraction of sp³-hybridized carbons (Fsp3) is 0.308. The zero-order valence-corrected chi connectivity index (χ0v) is 19.0. The molecule has 2 aliphatic rings. The van der Waals surface area contributed by atoms with Gasteiger partial charge in [0.05, 0.1) is 12.3 Å². The van der Waals surface area contributed by atoms with E-state index in [9.17, 15) is 14.7 Å². The Morgan fingerprint density at radius 1 is 1.12 bits per heavy atom. The van der Waals surface area contributed by atoms with Gasteiger partial charge in [-0.25, -0.2) is 4.79 Å². The molecule has 0 fully saturated rings. The van der Waals surface area contributed by atoms with E-state index in [4.69, 9.17) is 16.3 Å². The molecule has 3 heterocycles. The number of carboxylic acids is 1. The Kier molecular flexibility index (Phi) is 4.71. The molecule has 0 bridgehead atoms. The summed E-state index contributed by atoms with van der Waals surface area (Å²) in [6.07, 6.45) is 3.05. The topological polar surface area (TPSA) is 68.5 Å². The van der Waals surface area contributed by atoms with Crippen LogP contribution in [-0.2, 0) is 12.8 Å². The fourth-order valence-electron chi connectivity index (χ4n) is 4.98. The number of hydrogen-bond acceptors (Lipinski definition) is 3. The number of halogens is 1. The molecule has 5 rings (SSSR count). The van der Waals surface area contributed by atoms with Gasteiger partial charge in [-0.1, -0.05) is 50.6 Å². The highest BCUT2D eigenvalue weighted by atomic mass is 35.5. The lowest BCUT2D eigenvalue weighted by Crippen LogP contribution is -2.33. The number of aromatic nitrogens is 1. The van der Waals surface area contributed by atoms with Crippen molar-refractivity contribution in [3.63, 3.8) is 0 Å². The first kappa shape index (κ1) is 20.8. The van der Waals surface area contributed by atoms with Gasteiger partial charge in [0.1, 0.15) is 11.3 Å². The van der Waals surface area contributed by atoms with Gasteiger partial charge in [-0.15, -0.1) is 0 Å². The lowest BCUT2D eigenvalue weighted by molar-refractivity contribution is 0.0693. The number of nitrogens with zero attached hydrogens (tertiary/aromatic N) is 1. The van der Waals surface area contributed by atoms with Crippen LogP contribution in [0, 0.1) is 5.41 Å². The van der Waals surface area contributed by atoms with Crippen molar-refractivity contribution in [1.82, 2.24) is 4.57 Å². The Balaban J connectivity index is 1.85. The molecule has 2 aromatic carbocycles. The maximum Gasteiger partial charge on any atom is 0.341 e. The van der Waals surface area contributed by atoms with Crippen molar-refractivity contribution in [2.24, 2.45) is 5.41 Å². The van der Waals surface area contributed by atoms with Crippen LogP contribution in [0.3, 0.4) is 0 Å². The molecule has 2 aliphatic heterocycles. The molecule has 0 amide bonds. The Morgan fingerprint density at radius 3 is 2.56 bits per heavy atom. The van der Waals surface area contributed by atoms with E-state index < -0.39 is 11.4 Å². The molecule has 0 saturated carbocycles. The van der Waals surface area contributed by atoms with Gasteiger partial charge in [0.15, 0.2) is 5.43 Å². The van der Waals surface area contributed by atoms with Gasteiger partial charge in [-0.2, -0.15) is 0 Å². The lowest BCUT2D eigenvalue weighted by Gasteiger charge is -2.39. The number of ether oxygens (including phenoxy) is 1. The predicted octanol–water partition coefficient (Wildman–Crippen LogP) is 5.61. The zero-order valence-electron chi connectivity index (χ0n) is 18.2. The van der Waals surface area contributed by atoms with E-state index in [-0.39, 0.29) is 17.0 Å². The minimum atomic E-state index is -1.21. The van der Waals surface area contributed by atoms with Crippen molar-refractivity contribution in [2.45, 2.75) is 39.7 Å². The minimum Gasteiger partial charge on any atom is -0.492 e. The van der Waals surface area contributed by atoms with E-state index in [1.807, 2.05) is 34.9 Å². The molecule has 1 aromatic heterocycles. The highest BCUT2D eigenvalue weighted by Gasteiger charge is 2.37. The smallest absolute Gasteiger partial charge is 0.341 e. The van der Waals surface area contributed by atoms with Crippen molar-refractivity contribution in [1.29, 1.82) is 0 Å². The molecule has 1 N–H and O–H groups in total. The van der Waals surface area contributed by atoms with Crippen molar-refractivity contribution in [3.8, 4) is 28.1 Å². The maximum absolute atomic E-state index is 12.7. The second kappa shape index (κ2) is 7.24. The summed E-state index contributed by atoms with van der Waals surface area (Å²) in [6, 6.07) is 11.2. The van der Waals surface area contributed by atoms with Crippen molar-refractivity contribution < 1.29 is 14.6 Å². The predicted molar refractivity (Wildman–Crippen MR) is 125 cm³/mol. The summed E-state index contributed by atoms with van der Waals surface area (Å²) in [5, 5.41) is 10.2. The molecule has 32 heavy (non-hydrogen) atoms. The molecule has 164 valence electrons. The molecule has 6 heteroatoms. The van der Waals surface area contributed by atoms with Gasteiger partial charge in [-0.05, 0) is 29.5 Å². The molecule has 3 aromatic rings. The molecule has 0 aliphatic carbocycles. The standard InChI is InChI=1S/C26H24ClNO4/c1-26(2,3)23-11-16-15-8-9-32-24(15)18(14-6-4-5-7-20(14)27)10-17(16)21-12-22(29)19(25(30)31)13-28(21)23/h4-7,10,12-13,23H,8-9,11H2,1-3H3,(H,30,31)/t23-/m0/s1. The van der Waals surface area contributed by atoms with Crippen LogP contribution in [0.2, 0.25) is 5.02 Å². The second-order valence-corrected chi connectivity index (χ2v) is 9.98. The molecule has 0 saturated heterocycles. The minimum absolute atomic E-state index is 0.000404. The number of fused-ring (bicyclic) bond motifs is 5. The third kappa shape index (κ3) is 3.15. The van der Waals surface area contributed by atoms with Gasteiger partial charge < -0.3 is 14.4 Å². The summed E-state index contributed by atoms with van der Waals surface area (Å²) in [5.74, 6) is -0.342. The van der Waals surface area contributed by atoms with Crippen LogP contribution >= 0.6 is 11.6 Å². The first-order valence-electron chi connectivity index (χ1n) is 10.7. The Bertz CT molecular complexity index is 1330. The zero-order chi connectivity index (χ0) is 22.8. The number of pyridine rings is 1. The van der Waals surface area contributed by atoms with Crippen LogP contribution in [0.1, 0.15) is 48.3 Å². The third-order valence-electron chi connectivity index (χ3n) is 6.58. The Labute approximate surface area is 191 Å². The quantitative estimate of drug-likeness (QED) is 0.552. The first-order valence-corrected chi connectivity index (χ1v) is 11.1. The summed E-state index contributed by atoms with van der Waals surface area (Å²) in [6.45, 7) is 7.02. The molecule has 0 radical (unpaired) electrons. The Hall–Kier alpha value is -3.05. The van der Waals surface area contributed by atoms with Crippen LogP contribution in [0.5, 0.6) is 5.75 Å².